The van der Waals surface area contributed by atoms with Gasteiger partial charge in [-0.2, -0.15) is 0 Å². The summed E-state index contributed by atoms with van der Waals surface area (Å²) in [6.45, 7) is 2.03. The van der Waals surface area contributed by atoms with Crippen LogP contribution in [-0.4, -0.2) is 91.9 Å². The standard InChI is InChI=1S/C39H40N8O8/c1-44(21-31-33(53-3)15-23(16-34(31)54-4)30-22-45(2)37(50)29-18-40-12-11-26(29)30)19-24-20-46(43-42-24)13-5-6-14-55-25-7-8-27-28(17-25)39(52)47(38(27)51)32-9-10-35(48)41-36(32)49/h7-8,11-12,15-18,20,22,32H,5-6,9-10,13-14,19,21H2,1-4H3,(H,41,48,49). The van der Waals surface area contributed by atoms with Crippen molar-refractivity contribution in [2.45, 2.75) is 51.4 Å². The third-order valence-electron chi connectivity index (χ3n) is 9.81. The van der Waals surface area contributed by atoms with Crippen LogP contribution in [0.25, 0.3) is 21.9 Å². The molecule has 3 aromatic heterocycles. The maximum atomic E-state index is 13.1. The maximum absolute atomic E-state index is 13.1. The van der Waals surface area contributed by atoms with E-state index in [2.05, 4.69) is 25.5 Å². The highest BCUT2D eigenvalue weighted by Crippen LogP contribution is 2.38. The van der Waals surface area contributed by atoms with Crippen LogP contribution in [0, 0.1) is 0 Å². The summed E-state index contributed by atoms with van der Waals surface area (Å²) in [5, 5.41) is 12.2. The minimum atomic E-state index is -1.02. The molecule has 7 rings (SSSR count). The molecule has 2 aromatic carbocycles. The number of hydrogen-bond acceptors (Lipinski definition) is 12. The molecule has 5 heterocycles. The molecule has 16 heteroatoms. The maximum Gasteiger partial charge on any atom is 0.262 e. The Labute approximate surface area is 315 Å². The van der Waals surface area contributed by atoms with Crippen molar-refractivity contribution in [3.8, 4) is 28.4 Å². The quantitative estimate of drug-likeness (QED) is 0.130. The molecular formula is C39H40N8O8. The highest BCUT2D eigenvalue weighted by molar-refractivity contribution is 6.23. The normalized spacial score (nSPS) is 15.5. The molecule has 0 aliphatic carbocycles. The fourth-order valence-corrected chi connectivity index (χ4v) is 7.07. The number of amides is 4. The number of nitrogens with zero attached hydrogens (tertiary/aromatic N) is 7. The zero-order chi connectivity index (χ0) is 38.8. The van der Waals surface area contributed by atoms with E-state index in [0.29, 0.717) is 55.3 Å². The van der Waals surface area contributed by atoms with Crippen LogP contribution in [0.2, 0.25) is 0 Å². The van der Waals surface area contributed by atoms with E-state index < -0.39 is 29.7 Å². The number of rotatable bonds is 14. The van der Waals surface area contributed by atoms with Gasteiger partial charge in [-0.3, -0.25) is 48.8 Å². The lowest BCUT2D eigenvalue weighted by Crippen LogP contribution is -2.54. The molecule has 0 saturated carbocycles. The molecule has 0 spiro atoms. The number of aromatic nitrogens is 5. The highest BCUT2D eigenvalue weighted by Gasteiger charge is 2.44. The van der Waals surface area contributed by atoms with Gasteiger partial charge in [0.15, 0.2) is 0 Å². The summed E-state index contributed by atoms with van der Waals surface area (Å²) in [4.78, 5) is 69.8. The molecular weight excluding hydrogens is 708 g/mol. The average molecular weight is 749 g/mol. The zero-order valence-electron chi connectivity index (χ0n) is 30.9. The second-order valence-corrected chi connectivity index (χ2v) is 13.6. The van der Waals surface area contributed by atoms with E-state index in [1.807, 2.05) is 37.6 Å². The number of pyridine rings is 2. The van der Waals surface area contributed by atoms with E-state index in [1.54, 1.807) is 49.0 Å². The first-order valence-electron chi connectivity index (χ1n) is 17.8. The minimum Gasteiger partial charge on any atom is -0.496 e. The van der Waals surface area contributed by atoms with E-state index in [4.69, 9.17) is 14.2 Å². The zero-order valence-corrected chi connectivity index (χ0v) is 30.9. The smallest absolute Gasteiger partial charge is 0.262 e. The highest BCUT2D eigenvalue weighted by atomic mass is 16.5. The molecule has 2 aliphatic heterocycles. The van der Waals surface area contributed by atoms with Crippen LogP contribution in [0.15, 0.2) is 66.0 Å². The number of benzene rings is 2. The van der Waals surface area contributed by atoms with Gasteiger partial charge < -0.3 is 18.8 Å². The third-order valence-corrected chi connectivity index (χ3v) is 9.81. The topological polar surface area (TPSA) is 180 Å². The minimum absolute atomic E-state index is 0.0604. The van der Waals surface area contributed by atoms with Gasteiger partial charge in [-0.1, -0.05) is 5.21 Å². The van der Waals surface area contributed by atoms with E-state index in [1.165, 1.54) is 12.1 Å². The van der Waals surface area contributed by atoms with Gasteiger partial charge in [0.25, 0.3) is 17.4 Å². The van der Waals surface area contributed by atoms with Crippen molar-refractivity contribution < 1.29 is 33.4 Å². The van der Waals surface area contributed by atoms with E-state index in [0.717, 1.165) is 39.1 Å². The predicted octanol–water partition coefficient (Wildman–Crippen LogP) is 3.10. The van der Waals surface area contributed by atoms with E-state index >= 15 is 0 Å². The van der Waals surface area contributed by atoms with Crippen LogP contribution in [0.4, 0.5) is 0 Å². The number of nitrogens with one attached hydrogen (secondary N) is 1. The van der Waals surface area contributed by atoms with Crippen LogP contribution < -0.4 is 25.1 Å². The largest absolute Gasteiger partial charge is 0.496 e. The Morgan fingerprint density at radius 1 is 0.891 bits per heavy atom. The van der Waals surface area contributed by atoms with Crippen molar-refractivity contribution in [2.75, 3.05) is 27.9 Å². The number of carbonyl (C=O) groups is 4. The Morgan fingerprint density at radius 2 is 1.65 bits per heavy atom. The Bertz CT molecular complexity index is 2360. The lowest BCUT2D eigenvalue weighted by atomic mass is 9.99. The molecule has 0 bridgehead atoms. The molecule has 1 atom stereocenters. The van der Waals surface area contributed by atoms with Gasteiger partial charge in [0.1, 0.15) is 23.3 Å². The Hall–Kier alpha value is -6.42. The second-order valence-electron chi connectivity index (χ2n) is 13.6. The predicted molar refractivity (Wildman–Crippen MR) is 199 cm³/mol. The van der Waals surface area contributed by atoms with Crippen molar-refractivity contribution >= 4 is 34.4 Å². The van der Waals surface area contributed by atoms with E-state index in [-0.39, 0.29) is 29.5 Å². The van der Waals surface area contributed by atoms with Gasteiger partial charge in [0.05, 0.1) is 48.6 Å². The average Bonchev–Trinajstić information content (AvgIpc) is 3.72. The van der Waals surface area contributed by atoms with Crippen LogP contribution in [0.5, 0.6) is 17.2 Å². The van der Waals surface area contributed by atoms with E-state index in [9.17, 15) is 24.0 Å². The van der Waals surface area contributed by atoms with Crippen LogP contribution in [-0.2, 0) is 36.3 Å². The molecule has 55 heavy (non-hydrogen) atoms. The molecule has 1 N–H and O–H groups in total. The fourth-order valence-electron chi connectivity index (χ4n) is 7.07. The third kappa shape index (κ3) is 7.40. The number of fused-ring (bicyclic) bond motifs is 2. The van der Waals surface area contributed by atoms with Crippen LogP contribution in [0.3, 0.4) is 0 Å². The molecule has 1 fully saturated rings. The Kier molecular flexibility index (Phi) is 10.4. The summed E-state index contributed by atoms with van der Waals surface area (Å²) in [6, 6.07) is 9.40. The van der Waals surface area contributed by atoms with Crippen LogP contribution in [0.1, 0.15) is 57.7 Å². The summed E-state index contributed by atoms with van der Waals surface area (Å²) in [5.41, 5.74) is 3.62. The first kappa shape index (κ1) is 36.9. The number of hydrogen-bond donors (Lipinski definition) is 1. The molecule has 1 saturated heterocycles. The summed E-state index contributed by atoms with van der Waals surface area (Å²) >= 11 is 0. The monoisotopic (exact) mass is 748 g/mol. The lowest BCUT2D eigenvalue weighted by Gasteiger charge is -2.27. The molecule has 16 nitrogen and oxygen atoms in total. The molecule has 4 amide bonds. The molecule has 284 valence electrons. The number of carbonyl (C=O) groups excluding carboxylic acids is 4. The van der Waals surface area contributed by atoms with Gasteiger partial charge in [-0.15, -0.1) is 5.10 Å². The summed E-state index contributed by atoms with van der Waals surface area (Å²) < 4.78 is 20.9. The van der Waals surface area contributed by atoms with Gasteiger partial charge in [-0.25, -0.2) is 0 Å². The lowest BCUT2D eigenvalue weighted by molar-refractivity contribution is -0.136. The number of ether oxygens (including phenoxy) is 3. The van der Waals surface area contributed by atoms with Crippen molar-refractivity contribution in [3.05, 3.63) is 93.9 Å². The summed E-state index contributed by atoms with van der Waals surface area (Å²) in [5.74, 6) is -0.458. The summed E-state index contributed by atoms with van der Waals surface area (Å²) in [7, 11) is 6.94. The molecule has 1 unspecified atom stereocenters. The number of methoxy groups -OCH3 is 2. The first-order chi connectivity index (χ1) is 26.6. The molecule has 5 aromatic rings. The van der Waals surface area contributed by atoms with Crippen LogP contribution >= 0.6 is 0 Å². The number of piperidine rings is 1. The number of imide groups is 2. The Balaban J connectivity index is 0.921. The molecule has 2 aliphatic rings. The van der Waals surface area contributed by atoms with Crippen molar-refractivity contribution in [1.82, 2.24) is 39.7 Å². The fraction of sp³-hybridized carbons (Fsp3) is 0.333. The SMILES string of the molecule is COc1cc(-c2cn(C)c(=O)c3cnccc23)cc(OC)c1CN(C)Cc1cn(CCCCOc2ccc3c(c2)C(=O)N(C2CCC(=O)NC2=O)C3=O)nn1. The number of aryl methyl sites for hydroxylation is 2. The van der Waals surface area contributed by atoms with Crippen molar-refractivity contribution in [3.63, 3.8) is 0 Å². The Morgan fingerprint density at radius 3 is 2.40 bits per heavy atom. The van der Waals surface area contributed by atoms with Gasteiger partial charge in [0.2, 0.25) is 11.8 Å². The van der Waals surface area contributed by atoms with Gasteiger partial charge in [0, 0.05) is 63.5 Å². The first-order valence-corrected chi connectivity index (χ1v) is 17.8. The van der Waals surface area contributed by atoms with Crippen molar-refractivity contribution in [2.24, 2.45) is 7.05 Å². The number of unbranched alkanes of at least 4 members (excludes halogenated alkanes) is 1. The molecule has 0 radical (unpaired) electrons. The van der Waals surface area contributed by atoms with Crippen molar-refractivity contribution in [1.29, 1.82) is 0 Å². The second kappa shape index (κ2) is 15.5. The van der Waals surface area contributed by atoms with Gasteiger partial charge >= 0.3 is 0 Å². The summed E-state index contributed by atoms with van der Waals surface area (Å²) in [6.07, 6.45) is 8.58. The van der Waals surface area contributed by atoms with Gasteiger partial charge in [-0.05, 0) is 73.7 Å².